The van der Waals surface area contributed by atoms with Gasteiger partial charge in [-0.05, 0) is 41.0 Å². The number of halogens is 4. The van der Waals surface area contributed by atoms with E-state index in [1.807, 2.05) is 0 Å². The molecule has 0 saturated carbocycles. The summed E-state index contributed by atoms with van der Waals surface area (Å²) in [5, 5.41) is 8.93. The molecule has 0 aliphatic carbocycles. The second-order valence-corrected chi connectivity index (χ2v) is 5.39. The largest absolute Gasteiger partial charge is 0.478 e. The van der Waals surface area contributed by atoms with E-state index >= 15 is 0 Å². The zero-order valence-electron chi connectivity index (χ0n) is 13.0. The molecule has 25 heavy (non-hydrogen) atoms. The van der Waals surface area contributed by atoms with Gasteiger partial charge in [0.05, 0.1) is 11.1 Å². The van der Waals surface area contributed by atoms with E-state index in [4.69, 9.17) is 5.11 Å². The van der Waals surface area contributed by atoms with Crippen molar-refractivity contribution in [3.05, 3.63) is 58.9 Å². The van der Waals surface area contributed by atoms with E-state index in [0.29, 0.717) is 18.0 Å². The Hall–Kier alpha value is -2.90. The first-order valence-corrected chi connectivity index (χ1v) is 7.02. The van der Waals surface area contributed by atoms with Crippen molar-refractivity contribution in [2.75, 3.05) is 7.05 Å². The lowest BCUT2D eigenvalue weighted by atomic mass is 9.95. The number of hydrogen-bond acceptors (Lipinski definition) is 2. The fourth-order valence-electron chi connectivity index (χ4n) is 2.39. The zero-order valence-corrected chi connectivity index (χ0v) is 13.0. The van der Waals surface area contributed by atoms with Crippen molar-refractivity contribution in [1.29, 1.82) is 0 Å². The first-order chi connectivity index (χ1) is 11.6. The Morgan fingerprint density at radius 3 is 2.44 bits per heavy atom. The molecule has 0 heterocycles. The Bertz CT molecular complexity index is 818. The predicted molar refractivity (Wildman–Crippen MR) is 81.3 cm³/mol. The van der Waals surface area contributed by atoms with Crippen LogP contribution in [0.2, 0.25) is 0 Å². The second kappa shape index (κ2) is 6.92. The van der Waals surface area contributed by atoms with Gasteiger partial charge in [0, 0.05) is 13.6 Å². The number of hydrogen-bond donors (Lipinski definition) is 1. The highest BCUT2D eigenvalue weighted by atomic mass is 19.4. The number of nitrogens with zero attached hydrogens (tertiary/aromatic N) is 1. The Labute approximate surface area is 140 Å². The van der Waals surface area contributed by atoms with Gasteiger partial charge in [0.15, 0.2) is 0 Å². The molecule has 0 aliphatic heterocycles. The number of carbonyl (C=O) groups is 2. The molecule has 8 heteroatoms. The highest BCUT2D eigenvalue weighted by molar-refractivity contribution is 5.90. The van der Waals surface area contributed by atoms with Crippen LogP contribution in [-0.2, 0) is 17.5 Å². The van der Waals surface area contributed by atoms with E-state index < -0.39 is 29.1 Å². The average Bonchev–Trinajstić information content (AvgIpc) is 2.54. The van der Waals surface area contributed by atoms with Gasteiger partial charge in [-0.1, -0.05) is 12.1 Å². The molecular formula is C17H13F4NO3. The lowest BCUT2D eigenvalue weighted by molar-refractivity contribution is -0.138. The minimum absolute atomic E-state index is 0.00567. The molecular weight excluding hydrogens is 342 g/mol. The third-order valence-electron chi connectivity index (χ3n) is 3.54. The predicted octanol–water partition coefficient (Wildman–Crippen LogP) is 3.80. The minimum Gasteiger partial charge on any atom is -0.478 e. The molecule has 4 nitrogen and oxygen atoms in total. The summed E-state index contributed by atoms with van der Waals surface area (Å²) in [6.45, 7) is 0.0567. The number of rotatable bonds is 5. The van der Waals surface area contributed by atoms with E-state index in [1.54, 1.807) is 0 Å². The van der Waals surface area contributed by atoms with Crippen molar-refractivity contribution < 1.29 is 32.3 Å². The molecule has 2 rings (SSSR count). The first-order valence-electron chi connectivity index (χ1n) is 7.02. The molecule has 0 aromatic heterocycles. The van der Waals surface area contributed by atoms with Gasteiger partial charge in [-0.25, -0.2) is 9.18 Å². The Balaban J connectivity index is 2.64. The standard InChI is InChI=1S/C17H13F4NO3/c1-22(9-23)8-11-2-4-12(18)7-14(11)10-3-5-13(16(24)25)15(6-10)17(19,20)21/h2-7,9H,8H2,1H3,(H,24,25). The molecule has 0 atom stereocenters. The van der Waals surface area contributed by atoms with E-state index in [9.17, 15) is 27.2 Å². The van der Waals surface area contributed by atoms with Crippen molar-refractivity contribution in [2.45, 2.75) is 12.7 Å². The van der Waals surface area contributed by atoms with Gasteiger partial charge in [-0.2, -0.15) is 13.2 Å². The highest BCUT2D eigenvalue weighted by Gasteiger charge is 2.35. The molecule has 0 spiro atoms. The third-order valence-corrected chi connectivity index (χ3v) is 3.54. The molecule has 0 aliphatic rings. The summed E-state index contributed by atoms with van der Waals surface area (Å²) in [5.74, 6) is -2.37. The van der Waals surface area contributed by atoms with Crippen LogP contribution in [0.15, 0.2) is 36.4 Å². The smallest absolute Gasteiger partial charge is 0.417 e. The number of amides is 1. The van der Waals surface area contributed by atoms with E-state index in [-0.39, 0.29) is 17.7 Å². The van der Waals surface area contributed by atoms with Gasteiger partial charge in [0.2, 0.25) is 6.41 Å². The molecule has 0 saturated heterocycles. The van der Waals surface area contributed by atoms with Gasteiger partial charge in [0.1, 0.15) is 5.82 Å². The van der Waals surface area contributed by atoms with Crippen LogP contribution < -0.4 is 0 Å². The summed E-state index contributed by atoms with van der Waals surface area (Å²) in [6, 6.07) is 6.22. The summed E-state index contributed by atoms with van der Waals surface area (Å²) in [7, 11) is 1.47. The molecule has 1 amide bonds. The number of aromatic carboxylic acids is 1. The number of benzene rings is 2. The lowest BCUT2D eigenvalue weighted by Crippen LogP contribution is -2.16. The fraction of sp³-hybridized carbons (Fsp3) is 0.176. The molecule has 1 N–H and O–H groups in total. The van der Waals surface area contributed by atoms with Crippen molar-refractivity contribution in [3.63, 3.8) is 0 Å². The molecule has 0 fully saturated rings. The van der Waals surface area contributed by atoms with Crippen LogP contribution in [0.5, 0.6) is 0 Å². The second-order valence-electron chi connectivity index (χ2n) is 5.39. The summed E-state index contributed by atoms with van der Waals surface area (Å²) >= 11 is 0. The van der Waals surface area contributed by atoms with Crippen LogP contribution in [0.3, 0.4) is 0 Å². The number of carboxylic acids is 1. The normalized spacial score (nSPS) is 11.2. The summed E-state index contributed by atoms with van der Waals surface area (Å²) in [5.41, 5.74) is -1.63. The maximum absolute atomic E-state index is 13.6. The lowest BCUT2D eigenvalue weighted by Gasteiger charge is -2.17. The maximum atomic E-state index is 13.6. The van der Waals surface area contributed by atoms with E-state index in [0.717, 1.165) is 18.2 Å². The van der Waals surface area contributed by atoms with Gasteiger partial charge in [0.25, 0.3) is 0 Å². The summed E-state index contributed by atoms with van der Waals surface area (Å²) < 4.78 is 53.1. The number of carboxylic acid groups (broad SMARTS) is 1. The fourth-order valence-corrected chi connectivity index (χ4v) is 2.39. The van der Waals surface area contributed by atoms with Gasteiger partial charge in [-0.3, -0.25) is 4.79 Å². The maximum Gasteiger partial charge on any atom is 0.417 e. The summed E-state index contributed by atoms with van der Waals surface area (Å²) in [6.07, 6.45) is -4.35. The Morgan fingerprint density at radius 1 is 1.20 bits per heavy atom. The molecule has 132 valence electrons. The molecule has 0 unspecified atom stereocenters. The third kappa shape index (κ3) is 4.14. The number of carbonyl (C=O) groups excluding carboxylic acids is 1. The topological polar surface area (TPSA) is 57.6 Å². The zero-order chi connectivity index (χ0) is 18.8. The SMILES string of the molecule is CN(C=O)Cc1ccc(F)cc1-c1ccc(C(=O)O)c(C(F)(F)F)c1. The average molecular weight is 355 g/mol. The summed E-state index contributed by atoms with van der Waals surface area (Å²) in [4.78, 5) is 23.0. The monoisotopic (exact) mass is 355 g/mol. The first kappa shape index (κ1) is 18.4. The van der Waals surface area contributed by atoms with Gasteiger partial charge >= 0.3 is 12.1 Å². The van der Waals surface area contributed by atoms with Crippen molar-refractivity contribution >= 4 is 12.4 Å². The Kier molecular flexibility index (Phi) is 5.10. The van der Waals surface area contributed by atoms with Crippen LogP contribution in [0.25, 0.3) is 11.1 Å². The van der Waals surface area contributed by atoms with Crippen LogP contribution in [-0.4, -0.2) is 29.4 Å². The van der Waals surface area contributed by atoms with E-state index in [1.165, 1.54) is 24.1 Å². The van der Waals surface area contributed by atoms with Crippen molar-refractivity contribution in [1.82, 2.24) is 4.90 Å². The molecule has 0 bridgehead atoms. The van der Waals surface area contributed by atoms with Crippen LogP contribution >= 0.6 is 0 Å². The Morgan fingerprint density at radius 2 is 1.88 bits per heavy atom. The van der Waals surface area contributed by atoms with E-state index in [2.05, 4.69) is 0 Å². The minimum atomic E-state index is -4.88. The van der Waals surface area contributed by atoms with Gasteiger partial charge in [-0.15, -0.1) is 0 Å². The number of alkyl halides is 3. The van der Waals surface area contributed by atoms with Gasteiger partial charge < -0.3 is 10.0 Å². The quantitative estimate of drug-likeness (QED) is 0.656. The van der Waals surface area contributed by atoms with Crippen molar-refractivity contribution in [2.24, 2.45) is 0 Å². The molecule has 2 aromatic carbocycles. The van der Waals surface area contributed by atoms with Crippen LogP contribution in [0.1, 0.15) is 21.5 Å². The van der Waals surface area contributed by atoms with Crippen LogP contribution in [0.4, 0.5) is 17.6 Å². The van der Waals surface area contributed by atoms with Crippen LogP contribution in [0, 0.1) is 5.82 Å². The molecule has 2 aromatic rings. The molecule has 0 radical (unpaired) electrons. The van der Waals surface area contributed by atoms with Crippen molar-refractivity contribution in [3.8, 4) is 11.1 Å². The highest BCUT2D eigenvalue weighted by Crippen LogP contribution is 2.36.